The third-order valence-corrected chi connectivity index (χ3v) is 4.32. The van der Waals surface area contributed by atoms with Gasteiger partial charge in [-0.1, -0.05) is 0 Å². The van der Waals surface area contributed by atoms with Crippen LogP contribution in [0.1, 0.15) is 58.0 Å². The molecule has 0 unspecified atom stereocenters. The first-order valence-corrected chi connectivity index (χ1v) is 8.53. The molecule has 1 heterocycles. The highest BCUT2D eigenvalue weighted by atomic mass is 16.3. The molecule has 0 aliphatic heterocycles. The number of furan rings is 1. The van der Waals surface area contributed by atoms with Gasteiger partial charge in [0.05, 0.1) is 13.1 Å². The van der Waals surface area contributed by atoms with Crippen LogP contribution in [0.4, 0.5) is 0 Å². The van der Waals surface area contributed by atoms with Crippen molar-refractivity contribution >= 4 is 0 Å². The fourth-order valence-electron chi connectivity index (χ4n) is 2.71. The Balaban J connectivity index is 1.51. The van der Waals surface area contributed by atoms with Crippen LogP contribution in [-0.4, -0.2) is 23.5 Å². The lowest BCUT2D eigenvalue weighted by molar-refractivity contribution is 0.222. The Kier molecular flexibility index (Phi) is 4.41. The molecule has 1 N–H and O–H groups in total. The van der Waals surface area contributed by atoms with Crippen LogP contribution >= 0.6 is 0 Å². The van der Waals surface area contributed by atoms with E-state index in [2.05, 4.69) is 43.1 Å². The lowest BCUT2D eigenvalue weighted by Crippen LogP contribution is -2.34. The zero-order valence-corrected chi connectivity index (χ0v) is 13.8. The van der Waals surface area contributed by atoms with Crippen molar-refractivity contribution in [3.05, 3.63) is 23.7 Å². The van der Waals surface area contributed by atoms with Gasteiger partial charge in [0.15, 0.2) is 0 Å². The van der Waals surface area contributed by atoms with Crippen LogP contribution in [-0.2, 0) is 13.1 Å². The molecule has 2 fully saturated rings. The van der Waals surface area contributed by atoms with Crippen molar-refractivity contribution in [2.75, 3.05) is 13.1 Å². The van der Waals surface area contributed by atoms with Crippen molar-refractivity contribution in [3.8, 4) is 0 Å². The molecular weight excluding hydrogens is 260 g/mol. The number of rotatable bonds is 8. The van der Waals surface area contributed by atoms with E-state index in [0.29, 0.717) is 0 Å². The maximum Gasteiger partial charge on any atom is 0.118 e. The number of hydrogen-bond acceptors (Lipinski definition) is 3. The molecule has 3 nitrogen and oxygen atoms in total. The first-order chi connectivity index (χ1) is 9.98. The first kappa shape index (κ1) is 15.1. The van der Waals surface area contributed by atoms with Crippen LogP contribution < -0.4 is 5.32 Å². The Bertz CT molecular complexity index is 438. The van der Waals surface area contributed by atoms with Crippen molar-refractivity contribution in [2.45, 2.75) is 65.1 Å². The highest BCUT2D eigenvalue weighted by Crippen LogP contribution is 2.34. The fraction of sp³-hybridized carbons (Fsp3) is 0.778. The highest BCUT2D eigenvalue weighted by molar-refractivity contribution is 5.07. The van der Waals surface area contributed by atoms with Gasteiger partial charge < -0.3 is 9.73 Å². The van der Waals surface area contributed by atoms with Gasteiger partial charge in [-0.2, -0.15) is 0 Å². The number of hydrogen-bond donors (Lipinski definition) is 1. The third-order valence-electron chi connectivity index (χ3n) is 4.32. The molecule has 3 heteroatoms. The Hall–Kier alpha value is -0.800. The number of nitrogens with zero attached hydrogens (tertiary/aromatic N) is 1. The normalized spacial score (nSPS) is 19.4. The second-order valence-corrected chi connectivity index (χ2v) is 8.05. The van der Waals surface area contributed by atoms with Crippen molar-refractivity contribution in [3.63, 3.8) is 0 Å². The summed E-state index contributed by atoms with van der Waals surface area (Å²) >= 11 is 0. The zero-order valence-electron chi connectivity index (χ0n) is 13.8. The van der Waals surface area contributed by atoms with Gasteiger partial charge in [-0.25, -0.2) is 0 Å². The van der Waals surface area contributed by atoms with Gasteiger partial charge in [0.1, 0.15) is 11.5 Å². The van der Waals surface area contributed by atoms with Gasteiger partial charge in [0, 0.05) is 18.6 Å². The summed E-state index contributed by atoms with van der Waals surface area (Å²) in [4.78, 5) is 2.62. The lowest BCUT2D eigenvalue weighted by Gasteiger charge is -2.21. The Morgan fingerprint density at radius 2 is 1.62 bits per heavy atom. The minimum Gasteiger partial charge on any atom is -0.463 e. The summed E-state index contributed by atoms with van der Waals surface area (Å²) in [6.45, 7) is 10.9. The Labute approximate surface area is 129 Å². The fourth-order valence-corrected chi connectivity index (χ4v) is 2.71. The molecule has 2 aliphatic rings. The van der Waals surface area contributed by atoms with Gasteiger partial charge in [-0.15, -0.1) is 0 Å². The second kappa shape index (κ2) is 6.13. The maximum absolute atomic E-state index is 6.01. The molecule has 21 heavy (non-hydrogen) atoms. The van der Waals surface area contributed by atoms with Gasteiger partial charge in [0.2, 0.25) is 0 Å². The van der Waals surface area contributed by atoms with E-state index in [1.54, 1.807) is 0 Å². The molecule has 2 aliphatic carbocycles. The molecule has 0 spiro atoms. The highest BCUT2D eigenvalue weighted by Gasteiger charge is 2.29. The molecule has 0 radical (unpaired) electrons. The summed E-state index contributed by atoms with van der Waals surface area (Å²) in [7, 11) is 0. The molecule has 2 saturated carbocycles. The van der Waals surface area contributed by atoms with Crippen LogP contribution in [0.15, 0.2) is 16.5 Å². The summed E-state index contributed by atoms with van der Waals surface area (Å²) in [6.07, 6.45) is 5.72. The molecule has 0 amide bonds. The van der Waals surface area contributed by atoms with Crippen molar-refractivity contribution in [1.82, 2.24) is 10.2 Å². The second-order valence-electron chi connectivity index (χ2n) is 8.05. The molecule has 1 aromatic rings. The van der Waals surface area contributed by atoms with Crippen LogP contribution in [0.3, 0.4) is 0 Å². The van der Waals surface area contributed by atoms with E-state index in [1.165, 1.54) is 38.8 Å². The van der Waals surface area contributed by atoms with Crippen LogP contribution in [0.2, 0.25) is 0 Å². The Morgan fingerprint density at radius 3 is 2.14 bits per heavy atom. The van der Waals surface area contributed by atoms with Crippen LogP contribution in [0.25, 0.3) is 0 Å². The summed E-state index contributed by atoms with van der Waals surface area (Å²) in [6, 6.07) is 4.28. The molecule has 118 valence electrons. The summed E-state index contributed by atoms with van der Waals surface area (Å²) in [5, 5.41) is 3.48. The molecule has 1 aromatic heterocycles. The van der Waals surface area contributed by atoms with Gasteiger partial charge >= 0.3 is 0 Å². The molecule has 3 rings (SSSR count). The van der Waals surface area contributed by atoms with E-state index in [1.807, 2.05) is 0 Å². The maximum atomic E-state index is 6.01. The molecular formula is C18H30N2O. The topological polar surface area (TPSA) is 28.4 Å². The standard InChI is InChI=1S/C18H30N2O/c1-18(2,3)19-10-16-8-9-17(21-16)13-20(11-14-4-5-14)12-15-6-7-15/h8-9,14-15,19H,4-7,10-13H2,1-3H3. The first-order valence-electron chi connectivity index (χ1n) is 8.53. The Morgan fingerprint density at radius 1 is 1.05 bits per heavy atom. The molecule has 0 saturated heterocycles. The van der Waals surface area contributed by atoms with Gasteiger partial charge in [0.25, 0.3) is 0 Å². The van der Waals surface area contributed by atoms with E-state index in [-0.39, 0.29) is 5.54 Å². The van der Waals surface area contributed by atoms with Crippen LogP contribution in [0, 0.1) is 11.8 Å². The third kappa shape index (κ3) is 5.48. The summed E-state index contributed by atoms with van der Waals surface area (Å²) < 4.78 is 6.01. The average Bonchev–Trinajstić information content (AvgIpc) is 3.30. The summed E-state index contributed by atoms with van der Waals surface area (Å²) in [5.74, 6) is 4.10. The minimum atomic E-state index is 0.136. The average molecular weight is 290 g/mol. The van der Waals surface area contributed by atoms with E-state index >= 15 is 0 Å². The zero-order chi connectivity index (χ0) is 14.9. The van der Waals surface area contributed by atoms with Crippen LogP contribution in [0.5, 0.6) is 0 Å². The number of nitrogens with one attached hydrogen (secondary N) is 1. The van der Waals surface area contributed by atoms with E-state index in [9.17, 15) is 0 Å². The molecule has 0 bridgehead atoms. The van der Waals surface area contributed by atoms with Crippen molar-refractivity contribution in [2.24, 2.45) is 11.8 Å². The van der Waals surface area contributed by atoms with E-state index in [4.69, 9.17) is 4.42 Å². The van der Waals surface area contributed by atoms with Gasteiger partial charge in [-0.05, 0) is 70.4 Å². The predicted octanol–water partition coefficient (Wildman–Crippen LogP) is 3.79. The summed E-state index contributed by atoms with van der Waals surface area (Å²) in [5.41, 5.74) is 0.136. The largest absolute Gasteiger partial charge is 0.463 e. The molecule has 0 atom stereocenters. The minimum absolute atomic E-state index is 0.136. The SMILES string of the molecule is CC(C)(C)NCc1ccc(CN(CC2CC2)CC2CC2)o1. The van der Waals surface area contributed by atoms with Crippen molar-refractivity contribution < 1.29 is 4.42 Å². The van der Waals surface area contributed by atoms with E-state index < -0.39 is 0 Å². The monoisotopic (exact) mass is 290 g/mol. The smallest absolute Gasteiger partial charge is 0.118 e. The van der Waals surface area contributed by atoms with Gasteiger partial charge in [-0.3, -0.25) is 4.90 Å². The van der Waals surface area contributed by atoms with E-state index in [0.717, 1.165) is 36.4 Å². The lowest BCUT2D eigenvalue weighted by atomic mass is 10.1. The van der Waals surface area contributed by atoms with Crippen molar-refractivity contribution in [1.29, 1.82) is 0 Å². The quantitative estimate of drug-likeness (QED) is 0.789. The predicted molar refractivity (Wildman–Crippen MR) is 86.0 cm³/mol. The molecule has 0 aromatic carbocycles.